The molecule has 0 aromatic heterocycles. The Hall–Kier alpha value is -1.94. The Labute approximate surface area is 123 Å². The molecule has 2 aromatic carbocycles. The minimum Gasteiger partial charge on any atom is -0.398 e. The monoisotopic (exact) mass is 286 g/mol. The van der Waals surface area contributed by atoms with Crippen molar-refractivity contribution in [2.75, 3.05) is 16.8 Å². The van der Waals surface area contributed by atoms with Crippen molar-refractivity contribution in [2.24, 2.45) is 0 Å². The summed E-state index contributed by atoms with van der Waals surface area (Å²) in [6, 6.07) is 15.4. The van der Waals surface area contributed by atoms with E-state index >= 15 is 0 Å². The summed E-state index contributed by atoms with van der Waals surface area (Å²) in [5, 5.41) is 2.87. The largest absolute Gasteiger partial charge is 0.398 e. The van der Waals surface area contributed by atoms with Crippen LogP contribution in [0.5, 0.6) is 0 Å². The van der Waals surface area contributed by atoms with E-state index in [4.69, 9.17) is 5.73 Å². The Morgan fingerprint density at radius 1 is 1.15 bits per heavy atom. The number of para-hydroxylation sites is 2. The van der Waals surface area contributed by atoms with Crippen LogP contribution in [-0.4, -0.2) is 11.7 Å². The molecule has 0 aliphatic carbocycles. The number of nitrogens with two attached hydrogens (primary N) is 1. The lowest BCUT2D eigenvalue weighted by atomic mass is 10.2. The van der Waals surface area contributed by atoms with Crippen molar-refractivity contribution in [1.29, 1.82) is 0 Å². The predicted octanol–water partition coefficient (Wildman–Crippen LogP) is 3.70. The summed E-state index contributed by atoms with van der Waals surface area (Å²) < 4.78 is 0. The van der Waals surface area contributed by atoms with Gasteiger partial charge >= 0.3 is 0 Å². The highest BCUT2D eigenvalue weighted by Crippen LogP contribution is 2.27. The van der Waals surface area contributed by atoms with Crippen LogP contribution < -0.4 is 11.1 Å². The molecule has 0 atom stereocenters. The summed E-state index contributed by atoms with van der Waals surface area (Å²) in [6.07, 6.45) is 0.465. The lowest BCUT2D eigenvalue weighted by Gasteiger charge is -2.08. The van der Waals surface area contributed by atoms with Gasteiger partial charge in [-0.1, -0.05) is 30.3 Å². The van der Waals surface area contributed by atoms with Gasteiger partial charge in [-0.15, -0.1) is 11.8 Å². The van der Waals surface area contributed by atoms with Gasteiger partial charge in [0.1, 0.15) is 0 Å². The van der Waals surface area contributed by atoms with Gasteiger partial charge in [-0.25, -0.2) is 0 Å². The van der Waals surface area contributed by atoms with E-state index in [0.29, 0.717) is 12.2 Å². The zero-order chi connectivity index (χ0) is 14.4. The number of nitrogens with one attached hydrogen (secondary N) is 1. The Kier molecular flexibility index (Phi) is 5.07. The molecule has 4 heteroatoms. The first-order chi connectivity index (χ1) is 9.66. The first-order valence-electron chi connectivity index (χ1n) is 6.49. The third kappa shape index (κ3) is 4.03. The number of carbonyl (C=O) groups is 1. The van der Waals surface area contributed by atoms with Crippen molar-refractivity contribution in [3.63, 3.8) is 0 Å². The molecule has 0 heterocycles. The van der Waals surface area contributed by atoms with E-state index in [9.17, 15) is 4.79 Å². The van der Waals surface area contributed by atoms with Gasteiger partial charge in [0.15, 0.2) is 0 Å². The normalized spacial score (nSPS) is 10.2. The number of hydrogen-bond acceptors (Lipinski definition) is 3. The van der Waals surface area contributed by atoms with E-state index < -0.39 is 0 Å². The first kappa shape index (κ1) is 14.5. The Balaban J connectivity index is 1.81. The molecule has 2 aromatic rings. The van der Waals surface area contributed by atoms with Gasteiger partial charge in [-0.3, -0.25) is 4.79 Å². The molecule has 2 rings (SSSR count). The molecule has 20 heavy (non-hydrogen) atoms. The summed E-state index contributed by atoms with van der Waals surface area (Å²) in [5.41, 5.74) is 8.71. The molecule has 104 valence electrons. The van der Waals surface area contributed by atoms with E-state index in [1.807, 2.05) is 55.5 Å². The van der Waals surface area contributed by atoms with Crippen LogP contribution in [0.2, 0.25) is 0 Å². The Morgan fingerprint density at radius 2 is 1.90 bits per heavy atom. The van der Waals surface area contributed by atoms with Gasteiger partial charge in [-0.2, -0.15) is 0 Å². The molecule has 0 radical (unpaired) electrons. The van der Waals surface area contributed by atoms with Crippen LogP contribution >= 0.6 is 11.8 Å². The molecule has 0 aliphatic rings. The van der Waals surface area contributed by atoms with Crippen LogP contribution in [0.25, 0.3) is 0 Å². The maximum Gasteiger partial charge on any atom is 0.225 e. The Morgan fingerprint density at radius 3 is 2.65 bits per heavy atom. The highest BCUT2D eigenvalue weighted by molar-refractivity contribution is 7.99. The second-order valence-electron chi connectivity index (χ2n) is 4.50. The first-order valence-corrected chi connectivity index (χ1v) is 7.48. The number of nitrogen functional groups attached to an aromatic ring is 1. The number of thioether (sulfide) groups is 1. The van der Waals surface area contributed by atoms with Crippen molar-refractivity contribution in [3.05, 3.63) is 54.1 Å². The summed E-state index contributed by atoms with van der Waals surface area (Å²) in [7, 11) is 0. The minimum atomic E-state index is 0.0231. The number of amides is 1. The fourth-order valence-corrected chi connectivity index (χ4v) is 2.78. The number of benzene rings is 2. The summed E-state index contributed by atoms with van der Waals surface area (Å²) in [5.74, 6) is 0.738. The molecule has 0 saturated heterocycles. The fourth-order valence-electron chi connectivity index (χ4n) is 1.78. The smallest absolute Gasteiger partial charge is 0.225 e. The van der Waals surface area contributed by atoms with E-state index in [0.717, 1.165) is 21.8 Å². The number of hydrogen-bond donors (Lipinski definition) is 2. The van der Waals surface area contributed by atoms with Gasteiger partial charge in [0.2, 0.25) is 5.91 Å². The second-order valence-corrected chi connectivity index (χ2v) is 5.64. The van der Waals surface area contributed by atoms with Crippen molar-refractivity contribution < 1.29 is 4.79 Å². The molecule has 3 N–H and O–H groups in total. The summed E-state index contributed by atoms with van der Waals surface area (Å²) >= 11 is 1.61. The maximum atomic E-state index is 11.8. The Bertz CT molecular complexity index is 584. The van der Waals surface area contributed by atoms with Crippen LogP contribution in [0.4, 0.5) is 11.4 Å². The topological polar surface area (TPSA) is 55.1 Å². The molecule has 3 nitrogen and oxygen atoms in total. The standard InChI is InChI=1S/C16H18N2OS/c1-12-6-5-9-14(16(12)17)20-11-10-15(19)18-13-7-3-2-4-8-13/h2-9H,10-11,17H2,1H3,(H,18,19). The summed E-state index contributed by atoms with van der Waals surface area (Å²) in [4.78, 5) is 12.8. The molecule has 0 bridgehead atoms. The van der Waals surface area contributed by atoms with Crippen molar-refractivity contribution in [3.8, 4) is 0 Å². The van der Waals surface area contributed by atoms with Crippen LogP contribution in [0.1, 0.15) is 12.0 Å². The number of carbonyl (C=O) groups excluding carboxylic acids is 1. The van der Waals surface area contributed by atoms with E-state index in [1.54, 1.807) is 11.8 Å². The van der Waals surface area contributed by atoms with Gasteiger partial charge in [0.05, 0.1) is 0 Å². The number of rotatable bonds is 5. The zero-order valence-electron chi connectivity index (χ0n) is 11.4. The van der Waals surface area contributed by atoms with Crippen LogP contribution in [0.15, 0.2) is 53.4 Å². The molecule has 0 spiro atoms. The molecule has 0 fully saturated rings. The third-order valence-electron chi connectivity index (χ3n) is 2.93. The molecular weight excluding hydrogens is 268 g/mol. The lowest BCUT2D eigenvalue weighted by molar-refractivity contribution is -0.115. The van der Waals surface area contributed by atoms with E-state index in [1.165, 1.54) is 0 Å². The highest BCUT2D eigenvalue weighted by atomic mass is 32.2. The highest BCUT2D eigenvalue weighted by Gasteiger charge is 2.05. The SMILES string of the molecule is Cc1cccc(SCCC(=O)Nc2ccccc2)c1N. The average molecular weight is 286 g/mol. The predicted molar refractivity (Wildman–Crippen MR) is 86.0 cm³/mol. The number of aryl methyl sites for hydroxylation is 1. The van der Waals surface area contributed by atoms with Crippen LogP contribution in [0.3, 0.4) is 0 Å². The molecule has 0 unspecified atom stereocenters. The lowest BCUT2D eigenvalue weighted by Crippen LogP contribution is -2.12. The van der Waals surface area contributed by atoms with Gasteiger partial charge in [0.25, 0.3) is 0 Å². The van der Waals surface area contributed by atoms with Crippen molar-refractivity contribution in [1.82, 2.24) is 0 Å². The summed E-state index contributed by atoms with van der Waals surface area (Å²) in [6.45, 7) is 1.99. The van der Waals surface area contributed by atoms with E-state index in [-0.39, 0.29) is 5.91 Å². The van der Waals surface area contributed by atoms with Crippen molar-refractivity contribution >= 4 is 29.0 Å². The minimum absolute atomic E-state index is 0.0231. The van der Waals surface area contributed by atoms with E-state index in [2.05, 4.69) is 5.32 Å². The second kappa shape index (κ2) is 7.01. The molecular formula is C16H18N2OS. The number of anilines is 2. The van der Waals surface area contributed by atoms with Gasteiger partial charge < -0.3 is 11.1 Å². The third-order valence-corrected chi connectivity index (χ3v) is 4.00. The molecule has 0 saturated carbocycles. The quantitative estimate of drug-likeness (QED) is 0.651. The average Bonchev–Trinajstić information content (AvgIpc) is 2.44. The zero-order valence-corrected chi connectivity index (χ0v) is 12.2. The van der Waals surface area contributed by atoms with Crippen LogP contribution in [0, 0.1) is 6.92 Å². The molecule has 1 amide bonds. The van der Waals surface area contributed by atoms with Gasteiger partial charge in [-0.05, 0) is 30.7 Å². The fraction of sp³-hybridized carbons (Fsp3) is 0.188. The van der Waals surface area contributed by atoms with Crippen molar-refractivity contribution in [2.45, 2.75) is 18.2 Å². The molecule has 0 aliphatic heterocycles. The van der Waals surface area contributed by atoms with Crippen LogP contribution in [-0.2, 0) is 4.79 Å². The van der Waals surface area contributed by atoms with Gasteiger partial charge in [0, 0.05) is 28.4 Å². The maximum absolute atomic E-state index is 11.8.